The highest BCUT2D eigenvalue weighted by atomic mass is 16.5. The SMILES string of the molecule is O=C(Cc1cccnc1N1CCC2(CC1)CC2)c1cccc(N2CCOCC2)n1. The van der Waals surface area contributed by atoms with E-state index in [4.69, 9.17) is 4.74 Å². The van der Waals surface area contributed by atoms with Crippen LogP contribution in [0.5, 0.6) is 0 Å². The van der Waals surface area contributed by atoms with E-state index in [1.807, 2.05) is 36.5 Å². The predicted octanol–water partition coefficient (Wildman–Crippen LogP) is 3.12. The summed E-state index contributed by atoms with van der Waals surface area (Å²) in [6.07, 6.45) is 7.45. The average Bonchev–Trinajstić information content (AvgIpc) is 3.54. The van der Waals surface area contributed by atoms with Crippen LogP contribution in [0.2, 0.25) is 0 Å². The summed E-state index contributed by atoms with van der Waals surface area (Å²) in [4.78, 5) is 26.9. The minimum atomic E-state index is 0.0463. The summed E-state index contributed by atoms with van der Waals surface area (Å²) in [7, 11) is 0. The number of aromatic nitrogens is 2. The molecule has 1 saturated carbocycles. The number of carbonyl (C=O) groups excluding carboxylic acids is 1. The number of Topliss-reactive ketones (excluding diaryl/α,β-unsaturated/α-hetero) is 1. The van der Waals surface area contributed by atoms with Crippen molar-refractivity contribution in [3.63, 3.8) is 0 Å². The Kier molecular flexibility index (Phi) is 4.96. The molecular formula is C23H28N4O2. The average molecular weight is 393 g/mol. The van der Waals surface area contributed by atoms with E-state index < -0.39 is 0 Å². The maximum absolute atomic E-state index is 13.0. The van der Waals surface area contributed by atoms with Gasteiger partial charge in [-0.05, 0) is 49.3 Å². The van der Waals surface area contributed by atoms with Gasteiger partial charge in [-0.2, -0.15) is 0 Å². The van der Waals surface area contributed by atoms with Crippen molar-refractivity contribution in [2.24, 2.45) is 5.41 Å². The molecule has 152 valence electrons. The van der Waals surface area contributed by atoms with E-state index in [2.05, 4.69) is 19.8 Å². The van der Waals surface area contributed by atoms with Gasteiger partial charge < -0.3 is 14.5 Å². The standard InChI is InChI=1S/C23H28N4O2/c28-20(19-4-1-5-21(25-19)26-13-15-29-16-14-26)17-18-3-2-10-24-22(18)27-11-8-23(6-7-23)9-12-27/h1-5,10H,6-9,11-17H2. The number of hydrogen-bond acceptors (Lipinski definition) is 6. The molecule has 2 aromatic rings. The zero-order valence-electron chi connectivity index (χ0n) is 16.8. The fourth-order valence-corrected chi connectivity index (χ4v) is 4.53. The minimum Gasteiger partial charge on any atom is -0.378 e. The summed E-state index contributed by atoms with van der Waals surface area (Å²) in [5, 5.41) is 0. The number of ketones is 1. The van der Waals surface area contributed by atoms with Gasteiger partial charge in [-0.1, -0.05) is 12.1 Å². The minimum absolute atomic E-state index is 0.0463. The number of carbonyl (C=O) groups is 1. The largest absolute Gasteiger partial charge is 0.378 e. The normalized spacial score (nSPS) is 20.7. The molecule has 0 atom stereocenters. The Morgan fingerprint density at radius 1 is 0.966 bits per heavy atom. The van der Waals surface area contributed by atoms with Crippen LogP contribution in [0.15, 0.2) is 36.5 Å². The smallest absolute Gasteiger partial charge is 0.185 e. The molecule has 3 fully saturated rings. The van der Waals surface area contributed by atoms with Crippen LogP contribution in [-0.2, 0) is 11.2 Å². The zero-order chi connectivity index (χ0) is 19.7. The van der Waals surface area contributed by atoms with Gasteiger partial charge in [0.2, 0.25) is 0 Å². The molecule has 0 aromatic carbocycles. The third kappa shape index (κ3) is 3.99. The van der Waals surface area contributed by atoms with Crippen LogP contribution in [0.4, 0.5) is 11.6 Å². The number of anilines is 2. The number of ether oxygens (including phenoxy) is 1. The molecule has 5 rings (SSSR count). The number of nitrogens with zero attached hydrogens (tertiary/aromatic N) is 4. The highest BCUT2D eigenvalue weighted by Crippen LogP contribution is 2.53. The van der Waals surface area contributed by atoms with Gasteiger partial charge in [-0.3, -0.25) is 4.79 Å². The van der Waals surface area contributed by atoms with Crippen molar-refractivity contribution < 1.29 is 9.53 Å². The monoisotopic (exact) mass is 392 g/mol. The maximum atomic E-state index is 13.0. The molecule has 0 amide bonds. The van der Waals surface area contributed by atoms with Crippen LogP contribution in [0.3, 0.4) is 0 Å². The van der Waals surface area contributed by atoms with E-state index >= 15 is 0 Å². The first-order chi connectivity index (χ1) is 14.2. The van der Waals surface area contributed by atoms with Crippen LogP contribution in [0, 0.1) is 5.41 Å². The van der Waals surface area contributed by atoms with Crippen molar-refractivity contribution in [1.29, 1.82) is 0 Å². The Labute approximate surface area is 171 Å². The molecule has 3 aliphatic rings. The van der Waals surface area contributed by atoms with Crippen molar-refractivity contribution in [3.05, 3.63) is 47.8 Å². The lowest BCUT2D eigenvalue weighted by Gasteiger charge is -2.34. The molecule has 0 N–H and O–H groups in total. The van der Waals surface area contributed by atoms with Crippen molar-refractivity contribution in [1.82, 2.24) is 9.97 Å². The van der Waals surface area contributed by atoms with E-state index in [1.54, 1.807) is 0 Å². The van der Waals surface area contributed by atoms with Crippen molar-refractivity contribution in [3.8, 4) is 0 Å². The third-order valence-corrected chi connectivity index (χ3v) is 6.65. The lowest BCUT2D eigenvalue weighted by Crippen LogP contribution is -2.37. The fraction of sp³-hybridized carbons (Fsp3) is 0.522. The molecule has 6 nitrogen and oxygen atoms in total. The van der Waals surface area contributed by atoms with E-state index in [0.717, 1.165) is 43.4 Å². The van der Waals surface area contributed by atoms with Gasteiger partial charge in [0.1, 0.15) is 17.3 Å². The van der Waals surface area contributed by atoms with Gasteiger partial charge in [0.15, 0.2) is 5.78 Å². The van der Waals surface area contributed by atoms with E-state index in [-0.39, 0.29) is 5.78 Å². The number of pyridine rings is 2. The molecule has 29 heavy (non-hydrogen) atoms. The van der Waals surface area contributed by atoms with Gasteiger partial charge in [0.25, 0.3) is 0 Å². The molecule has 0 unspecified atom stereocenters. The summed E-state index contributed by atoms with van der Waals surface area (Å²) in [6, 6.07) is 9.68. The summed E-state index contributed by atoms with van der Waals surface area (Å²) >= 11 is 0. The van der Waals surface area contributed by atoms with Gasteiger partial charge in [-0.15, -0.1) is 0 Å². The van der Waals surface area contributed by atoms with Gasteiger partial charge >= 0.3 is 0 Å². The first-order valence-electron chi connectivity index (χ1n) is 10.7. The Bertz CT molecular complexity index is 880. The van der Waals surface area contributed by atoms with Crippen molar-refractivity contribution >= 4 is 17.4 Å². The number of rotatable bonds is 5. The molecule has 1 aliphatic carbocycles. The quantitative estimate of drug-likeness (QED) is 0.729. The summed E-state index contributed by atoms with van der Waals surface area (Å²) in [5.74, 6) is 1.88. The van der Waals surface area contributed by atoms with Crippen LogP contribution >= 0.6 is 0 Å². The molecule has 2 aromatic heterocycles. The summed E-state index contributed by atoms with van der Waals surface area (Å²) in [5.41, 5.74) is 2.16. The molecule has 1 spiro atoms. The van der Waals surface area contributed by atoms with Crippen molar-refractivity contribution in [2.45, 2.75) is 32.1 Å². The number of piperidine rings is 1. The Balaban J connectivity index is 1.31. The molecular weight excluding hydrogens is 364 g/mol. The lowest BCUT2D eigenvalue weighted by atomic mass is 9.93. The second kappa shape index (κ2) is 7.75. The maximum Gasteiger partial charge on any atom is 0.185 e. The van der Waals surface area contributed by atoms with E-state index in [1.165, 1.54) is 25.7 Å². The Hall–Kier alpha value is -2.47. The first-order valence-corrected chi connectivity index (χ1v) is 10.7. The number of morpholine rings is 1. The molecule has 2 saturated heterocycles. The van der Waals surface area contributed by atoms with Crippen LogP contribution in [0.25, 0.3) is 0 Å². The highest BCUT2D eigenvalue weighted by molar-refractivity contribution is 5.96. The van der Waals surface area contributed by atoms with E-state index in [9.17, 15) is 4.79 Å². The van der Waals surface area contributed by atoms with Crippen LogP contribution in [0.1, 0.15) is 41.7 Å². The molecule has 0 radical (unpaired) electrons. The molecule has 6 heteroatoms. The van der Waals surface area contributed by atoms with Gasteiger partial charge in [-0.25, -0.2) is 9.97 Å². The third-order valence-electron chi connectivity index (χ3n) is 6.65. The topological polar surface area (TPSA) is 58.6 Å². The number of hydrogen-bond donors (Lipinski definition) is 0. The fourth-order valence-electron chi connectivity index (χ4n) is 4.53. The molecule has 0 bridgehead atoms. The highest BCUT2D eigenvalue weighted by Gasteiger charge is 2.44. The zero-order valence-corrected chi connectivity index (χ0v) is 16.8. The van der Waals surface area contributed by atoms with Gasteiger partial charge in [0, 0.05) is 44.4 Å². The van der Waals surface area contributed by atoms with Crippen LogP contribution < -0.4 is 9.80 Å². The first kappa shape index (κ1) is 18.6. The van der Waals surface area contributed by atoms with Gasteiger partial charge in [0.05, 0.1) is 13.2 Å². The molecule has 4 heterocycles. The van der Waals surface area contributed by atoms with E-state index in [0.29, 0.717) is 30.7 Å². The lowest BCUT2D eigenvalue weighted by molar-refractivity contribution is 0.0988. The molecule has 2 aliphatic heterocycles. The Morgan fingerprint density at radius 2 is 1.76 bits per heavy atom. The second-order valence-electron chi connectivity index (χ2n) is 8.55. The van der Waals surface area contributed by atoms with Crippen LogP contribution in [-0.4, -0.2) is 55.1 Å². The summed E-state index contributed by atoms with van der Waals surface area (Å²) < 4.78 is 5.42. The van der Waals surface area contributed by atoms with Crippen molar-refractivity contribution in [2.75, 3.05) is 49.2 Å². The summed E-state index contributed by atoms with van der Waals surface area (Å²) in [6.45, 7) is 5.12. The predicted molar refractivity (Wildman–Crippen MR) is 113 cm³/mol. The second-order valence-corrected chi connectivity index (χ2v) is 8.55. The Morgan fingerprint density at radius 3 is 2.52 bits per heavy atom.